The highest BCUT2D eigenvalue weighted by molar-refractivity contribution is 6.33. The van der Waals surface area contributed by atoms with Crippen LogP contribution in [0.5, 0.6) is 0 Å². The molecule has 0 aliphatic carbocycles. The lowest BCUT2D eigenvalue weighted by Crippen LogP contribution is -2.19. The van der Waals surface area contributed by atoms with Crippen molar-refractivity contribution < 1.29 is 34.1 Å². The van der Waals surface area contributed by atoms with Gasteiger partial charge in [-0.25, -0.2) is 19.4 Å². The lowest BCUT2D eigenvalue weighted by atomic mass is 10.1. The normalized spacial score (nSPS) is 10.3. The number of halogens is 1. The van der Waals surface area contributed by atoms with E-state index in [1.165, 1.54) is 36.7 Å². The van der Waals surface area contributed by atoms with Crippen LogP contribution in [0.3, 0.4) is 0 Å². The number of hydrogen-bond acceptors (Lipinski definition) is 6. The Morgan fingerprint density at radius 2 is 1.80 bits per heavy atom. The number of carboxylic acids is 2. The molecule has 0 bridgehead atoms. The summed E-state index contributed by atoms with van der Waals surface area (Å²) in [5, 5.41) is 23.0. The van der Waals surface area contributed by atoms with Gasteiger partial charge in [0, 0.05) is 17.6 Å². The Bertz CT molecular complexity index is 1330. The third-order valence-electron chi connectivity index (χ3n) is 4.72. The van der Waals surface area contributed by atoms with E-state index in [0.717, 1.165) is 0 Å². The Hall–Kier alpha value is -4.64. The second kappa shape index (κ2) is 10.5. The lowest BCUT2D eigenvalue weighted by Gasteiger charge is -2.12. The molecule has 0 unspecified atom stereocenters. The average molecular weight is 499 g/mol. The molecular weight excluding hydrogens is 480 g/mol. The highest BCUT2D eigenvalue weighted by atomic mass is 35.5. The Kier molecular flexibility index (Phi) is 7.52. The number of aliphatic carboxylic acids is 1. The molecule has 4 N–H and O–H groups in total. The highest BCUT2D eigenvalue weighted by Gasteiger charge is 2.17. The third-order valence-corrected chi connectivity index (χ3v) is 5.02. The van der Waals surface area contributed by atoms with Gasteiger partial charge in [-0.05, 0) is 48.9 Å². The molecule has 0 aliphatic heterocycles. The smallest absolute Gasteiger partial charge is 0.412 e. The van der Waals surface area contributed by atoms with Gasteiger partial charge in [0.05, 0.1) is 28.3 Å². The third kappa shape index (κ3) is 6.24. The summed E-state index contributed by atoms with van der Waals surface area (Å²) in [5.41, 5.74) is 1.73. The zero-order valence-corrected chi connectivity index (χ0v) is 19.0. The first-order valence-electron chi connectivity index (χ1n) is 9.89. The maximum Gasteiger partial charge on any atom is 0.412 e. The molecule has 0 aliphatic rings. The van der Waals surface area contributed by atoms with E-state index in [1.807, 2.05) is 0 Å². The van der Waals surface area contributed by atoms with Crippen molar-refractivity contribution >= 4 is 46.9 Å². The second-order valence-electron chi connectivity index (χ2n) is 7.21. The van der Waals surface area contributed by atoms with Gasteiger partial charge in [0.2, 0.25) is 0 Å². The molecule has 12 heteroatoms. The van der Waals surface area contributed by atoms with Gasteiger partial charge >= 0.3 is 18.0 Å². The predicted molar refractivity (Wildman–Crippen MR) is 126 cm³/mol. The van der Waals surface area contributed by atoms with Gasteiger partial charge in [-0.15, -0.1) is 0 Å². The van der Waals surface area contributed by atoms with Crippen LogP contribution < -0.4 is 10.6 Å². The van der Waals surface area contributed by atoms with Crippen LogP contribution in [-0.2, 0) is 20.9 Å². The molecule has 0 saturated heterocycles. The van der Waals surface area contributed by atoms with Crippen LogP contribution in [0.1, 0.15) is 21.6 Å². The first kappa shape index (κ1) is 25.0. The molecule has 3 rings (SSSR count). The Morgan fingerprint density at radius 1 is 1.11 bits per heavy atom. The number of amides is 2. The molecular formula is C23H19ClN4O7. The number of anilines is 2. The molecule has 1 heterocycles. The van der Waals surface area contributed by atoms with E-state index in [4.69, 9.17) is 26.6 Å². The summed E-state index contributed by atoms with van der Waals surface area (Å²) in [4.78, 5) is 49.9. The number of carbonyl (C=O) groups excluding carboxylic acids is 2. The van der Waals surface area contributed by atoms with Crippen molar-refractivity contribution in [2.45, 2.75) is 13.5 Å². The largest absolute Gasteiger partial charge is 0.478 e. The number of rotatable bonds is 8. The number of carboxylic acid groups (broad SMARTS) is 2. The first-order valence-corrected chi connectivity index (χ1v) is 10.3. The van der Waals surface area contributed by atoms with Gasteiger partial charge in [-0.3, -0.25) is 10.1 Å². The zero-order valence-electron chi connectivity index (χ0n) is 18.2. The summed E-state index contributed by atoms with van der Waals surface area (Å²) >= 11 is 6.35. The molecule has 0 saturated carbocycles. The van der Waals surface area contributed by atoms with Crippen LogP contribution in [0.4, 0.5) is 16.2 Å². The molecule has 2 amide bonds. The van der Waals surface area contributed by atoms with Gasteiger partial charge in [0.15, 0.2) is 0 Å². The van der Waals surface area contributed by atoms with E-state index in [0.29, 0.717) is 28.3 Å². The van der Waals surface area contributed by atoms with Crippen LogP contribution in [0.15, 0.2) is 61.1 Å². The average Bonchev–Trinajstić information content (AvgIpc) is 3.28. The number of carbonyl (C=O) groups is 4. The van der Waals surface area contributed by atoms with Crippen LogP contribution >= 0.6 is 11.6 Å². The maximum absolute atomic E-state index is 12.0. The van der Waals surface area contributed by atoms with E-state index in [2.05, 4.69) is 22.2 Å². The van der Waals surface area contributed by atoms with E-state index >= 15 is 0 Å². The summed E-state index contributed by atoms with van der Waals surface area (Å²) < 4.78 is 6.73. The number of ether oxygens (including phenoxy) is 1. The van der Waals surface area contributed by atoms with Crippen molar-refractivity contribution in [3.63, 3.8) is 0 Å². The molecule has 0 atom stereocenters. The van der Waals surface area contributed by atoms with Gasteiger partial charge < -0.3 is 24.8 Å². The van der Waals surface area contributed by atoms with Crippen molar-refractivity contribution in [1.82, 2.24) is 9.55 Å². The molecule has 2 aromatic carbocycles. The minimum absolute atomic E-state index is 0.0875. The van der Waals surface area contributed by atoms with Gasteiger partial charge in [-0.1, -0.05) is 18.2 Å². The number of benzene rings is 2. The van der Waals surface area contributed by atoms with Gasteiger partial charge in [-0.2, -0.15) is 0 Å². The number of nitrogens with one attached hydrogen (secondary N) is 2. The molecule has 1 aromatic heterocycles. The SMILES string of the molecule is C=C(C(=O)O)C(=O)Nc1cc(Cl)c(-n2cnc(COC(=O)Nc3ccc(C(=O)O)cc3)c2)cc1C. The number of aromatic carboxylic acids is 1. The number of hydrogen-bond donors (Lipinski definition) is 4. The van der Waals surface area contributed by atoms with Gasteiger partial charge in [0.25, 0.3) is 5.91 Å². The molecule has 35 heavy (non-hydrogen) atoms. The highest BCUT2D eigenvalue weighted by Crippen LogP contribution is 2.28. The number of nitrogens with zero attached hydrogens (tertiary/aromatic N) is 2. The first-order chi connectivity index (χ1) is 16.5. The maximum atomic E-state index is 12.0. The summed E-state index contributed by atoms with van der Waals surface area (Å²) in [6, 6.07) is 8.72. The van der Waals surface area contributed by atoms with Crippen molar-refractivity contribution in [3.8, 4) is 5.69 Å². The van der Waals surface area contributed by atoms with Crippen LogP contribution in [0.2, 0.25) is 5.02 Å². The fraction of sp³-hybridized carbons (Fsp3) is 0.0870. The monoisotopic (exact) mass is 498 g/mol. The Balaban J connectivity index is 1.63. The number of imidazole rings is 1. The minimum atomic E-state index is -1.43. The standard InChI is InChI=1S/C23H19ClN4O7/c1-12-7-19(17(24)8-18(12)27-20(29)13(2)21(30)31)28-9-16(25-11-28)10-35-23(34)26-15-5-3-14(4-6-15)22(32)33/h3-9,11H,2,10H2,1H3,(H,26,34)(H,27,29)(H,30,31)(H,32,33). The lowest BCUT2D eigenvalue weighted by molar-refractivity contribution is -0.134. The predicted octanol–water partition coefficient (Wildman–Crippen LogP) is 3.86. The summed E-state index contributed by atoms with van der Waals surface area (Å²) in [5.74, 6) is -3.36. The van der Waals surface area contributed by atoms with Crippen molar-refractivity contribution in [2.24, 2.45) is 0 Å². The molecule has 0 spiro atoms. The Labute approximate surface area is 203 Å². The fourth-order valence-corrected chi connectivity index (χ4v) is 3.11. The molecule has 0 radical (unpaired) electrons. The number of aromatic nitrogens is 2. The minimum Gasteiger partial charge on any atom is -0.478 e. The quantitative estimate of drug-likeness (QED) is 0.207. The van der Waals surface area contributed by atoms with Crippen LogP contribution in [-0.4, -0.2) is 43.7 Å². The summed E-state index contributed by atoms with van der Waals surface area (Å²) in [6.07, 6.45) is 2.31. The van der Waals surface area contributed by atoms with E-state index in [9.17, 15) is 19.2 Å². The summed E-state index contributed by atoms with van der Waals surface area (Å²) in [7, 11) is 0. The molecule has 0 fully saturated rings. The van der Waals surface area contributed by atoms with Crippen molar-refractivity contribution in [1.29, 1.82) is 0 Å². The van der Waals surface area contributed by atoms with Crippen molar-refractivity contribution in [3.05, 3.63) is 82.9 Å². The van der Waals surface area contributed by atoms with E-state index in [-0.39, 0.29) is 17.2 Å². The molecule has 3 aromatic rings. The van der Waals surface area contributed by atoms with Gasteiger partial charge in [0.1, 0.15) is 12.2 Å². The van der Waals surface area contributed by atoms with Crippen LogP contribution in [0.25, 0.3) is 5.69 Å². The van der Waals surface area contributed by atoms with Crippen LogP contribution in [0, 0.1) is 6.92 Å². The zero-order chi connectivity index (χ0) is 25.7. The van der Waals surface area contributed by atoms with E-state index < -0.39 is 29.5 Å². The van der Waals surface area contributed by atoms with Crippen molar-refractivity contribution in [2.75, 3.05) is 10.6 Å². The topological polar surface area (TPSA) is 160 Å². The number of aryl methyl sites for hydroxylation is 1. The van der Waals surface area contributed by atoms with E-state index in [1.54, 1.807) is 23.8 Å². The Morgan fingerprint density at radius 3 is 2.43 bits per heavy atom. The summed E-state index contributed by atoms with van der Waals surface area (Å²) in [6.45, 7) is 4.77. The molecule has 11 nitrogen and oxygen atoms in total. The fourth-order valence-electron chi connectivity index (χ4n) is 2.85. The molecule has 180 valence electrons. The second-order valence-corrected chi connectivity index (χ2v) is 7.62.